The van der Waals surface area contributed by atoms with Gasteiger partial charge < -0.3 is 10.1 Å². The number of nitrogens with one attached hydrogen (secondary N) is 1. The van der Waals surface area contributed by atoms with Crippen LogP contribution in [0.2, 0.25) is 0 Å². The van der Waals surface area contributed by atoms with Gasteiger partial charge >= 0.3 is 0 Å². The lowest BCUT2D eigenvalue weighted by Gasteiger charge is -2.07. The van der Waals surface area contributed by atoms with E-state index in [1.54, 1.807) is 16.8 Å². The second-order valence-corrected chi connectivity index (χ2v) is 6.79. The predicted molar refractivity (Wildman–Crippen MR) is 104 cm³/mol. The van der Waals surface area contributed by atoms with Gasteiger partial charge in [-0.2, -0.15) is 5.10 Å². The molecule has 0 aliphatic heterocycles. The van der Waals surface area contributed by atoms with Crippen molar-refractivity contribution in [2.45, 2.75) is 25.7 Å². The van der Waals surface area contributed by atoms with Gasteiger partial charge in [0.05, 0.1) is 12.3 Å². The average Bonchev–Trinajstić information content (AvgIpc) is 3.32. The number of aromatic nitrogens is 2. The zero-order valence-corrected chi connectivity index (χ0v) is 15.5. The zero-order chi connectivity index (χ0) is 19.3. The van der Waals surface area contributed by atoms with Gasteiger partial charge in [0.15, 0.2) is 5.69 Å². The van der Waals surface area contributed by atoms with Crippen LogP contribution >= 0.6 is 0 Å². The van der Waals surface area contributed by atoms with Crippen LogP contribution in [0.5, 0.6) is 5.75 Å². The minimum Gasteiger partial charge on any atom is -0.494 e. The van der Waals surface area contributed by atoms with E-state index in [1.807, 2.05) is 30.3 Å². The molecule has 0 unspecified atom stereocenters. The van der Waals surface area contributed by atoms with Crippen molar-refractivity contribution in [3.05, 3.63) is 77.4 Å². The molecule has 0 saturated carbocycles. The van der Waals surface area contributed by atoms with Crippen LogP contribution < -0.4 is 10.1 Å². The van der Waals surface area contributed by atoms with E-state index in [9.17, 15) is 9.18 Å². The van der Waals surface area contributed by atoms with E-state index in [0.717, 1.165) is 42.0 Å². The summed E-state index contributed by atoms with van der Waals surface area (Å²) in [4.78, 5) is 12.6. The van der Waals surface area contributed by atoms with E-state index in [-0.39, 0.29) is 11.7 Å². The highest BCUT2D eigenvalue weighted by Crippen LogP contribution is 2.27. The normalized spacial score (nSPS) is 12.6. The molecule has 4 rings (SSSR count). The Balaban J connectivity index is 1.38. The van der Waals surface area contributed by atoms with Gasteiger partial charge in [-0.05, 0) is 62.1 Å². The fourth-order valence-electron chi connectivity index (χ4n) is 3.48. The number of halogens is 1. The molecule has 6 heteroatoms. The number of amides is 1. The Labute approximate surface area is 163 Å². The first-order valence-corrected chi connectivity index (χ1v) is 9.55. The number of hydrogen-bond donors (Lipinski definition) is 1. The number of carbonyl (C=O) groups is 1. The van der Waals surface area contributed by atoms with E-state index in [4.69, 9.17) is 4.74 Å². The van der Waals surface area contributed by atoms with Gasteiger partial charge in [-0.15, -0.1) is 0 Å². The quantitative estimate of drug-likeness (QED) is 0.637. The van der Waals surface area contributed by atoms with Crippen LogP contribution in [-0.4, -0.2) is 28.8 Å². The van der Waals surface area contributed by atoms with E-state index in [2.05, 4.69) is 10.4 Å². The lowest BCUT2D eigenvalue weighted by atomic mass is 10.2. The molecule has 0 atom stereocenters. The Morgan fingerprint density at radius 2 is 1.89 bits per heavy atom. The minimum atomic E-state index is -0.289. The molecule has 1 amide bonds. The Bertz CT molecular complexity index is 952. The number of nitrogens with zero attached hydrogens (tertiary/aromatic N) is 2. The fraction of sp³-hybridized carbons (Fsp3) is 0.273. The molecular formula is C22H22FN3O2. The van der Waals surface area contributed by atoms with Crippen molar-refractivity contribution in [2.24, 2.45) is 0 Å². The van der Waals surface area contributed by atoms with Crippen LogP contribution in [-0.2, 0) is 12.8 Å². The monoisotopic (exact) mass is 379 g/mol. The van der Waals surface area contributed by atoms with Crippen molar-refractivity contribution in [3.8, 4) is 11.4 Å². The lowest BCUT2D eigenvalue weighted by molar-refractivity contribution is 0.0945. The number of fused-ring (bicyclic) bond motifs is 1. The summed E-state index contributed by atoms with van der Waals surface area (Å²) in [5, 5.41) is 7.46. The molecular weight excluding hydrogens is 357 g/mol. The lowest BCUT2D eigenvalue weighted by Crippen LogP contribution is -2.27. The molecule has 28 heavy (non-hydrogen) atoms. The molecule has 0 spiro atoms. The number of hydrogen-bond acceptors (Lipinski definition) is 3. The van der Waals surface area contributed by atoms with Crippen molar-refractivity contribution >= 4 is 5.91 Å². The van der Waals surface area contributed by atoms with Crippen LogP contribution in [0.15, 0.2) is 54.6 Å². The van der Waals surface area contributed by atoms with Gasteiger partial charge in [-0.3, -0.25) is 4.79 Å². The highest BCUT2D eigenvalue weighted by Gasteiger charge is 2.26. The smallest absolute Gasteiger partial charge is 0.272 e. The number of ether oxygens (including phenoxy) is 1. The highest BCUT2D eigenvalue weighted by atomic mass is 19.1. The van der Waals surface area contributed by atoms with Gasteiger partial charge in [0, 0.05) is 17.8 Å². The zero-order valence-electron chi connectivity index (χ0n) is 15.5. The van der Waals surface area contributed by atoms with Crippen LogP contribution in [0.1, 0.15) is 34.6 Å². The first-order valence-electron chi connectivity index (χ1n) is 9.55. The summed E-state index contributed by atoms with van der Waals surface area (Å²) in [5.41, 5.74) is 3.29. The summed E-state index contributed by atoms with van der Waals surface area (Å²) in [7, 11) is 0. The maximum Gasteiger partial charge on any atom is 0.272 e. The van der Waals surface area contributed by atoms with E-state index in [0.29, 0.717) is 25.3 Å². The fourth-order valence-corrected chi connectivity index (χ4v) is 3.48. The predicted octanol–water partition coefficient (Wildman–Crippen LogP) is 3.70. The molecule has 0 radical (unpaired) electrons. The standard InChI is InChI=1S/C22H22FN3O2/c23-16-10-12-17(13-11-16)26-20-9-4-8-19(20)21(25-26)22(27)24-14-5-15-28-18-6-2-1-3-7-18/h1-3,6-7,10-13H,4-5,8-9,14-15H2,(H,24,27). The van der Waals surface area contributed by atoms with Gasteiger partial charge in [0.2, 0.25) is 0 Å². The molecule has 5 nitrogen and oxygen atoms in total. The van der Waals surface area contributed by atoms with Crippen LogP contribution in [0.4, 0.5) is 4.39 Å². The minimum absolute atomic E-state index is 0.168. The number of rotatable bonds is 7. The molecule has 1 N–H and O–H groups in total. The van der Waals surface area contributed by atoms with Crippen molar-refractivity contribution in [1.29, 1.82) is 0 Å². The maximum absolute atomic E-state index is 13.2. The SMILES string of the molecule is O=C(NCCCOc1ccccc1)c1nn(-c2ccc(F)cc2)c2c1CCC2. The van der Waals surface area contributed by atoms with Gasteiger partial charge in [0.1, 0.15) is 11.6 Å². The third-order valence-corrected chi connectivity index (χ3v) is 4.84. The maximum atomic E-state index is 13.2. The first-order chi connectivity index (χ1) is 13.7. The molecule has 1 heterocycles. The van der Waals surface area contributed by atoms with Crippen molar-refractivity contribution in [2.75, 3.05) is 13.2 Å². The Morgan fingerprint density at radius 3 is 2.68 bits per heavy atom. The third-order valence-electron chi connectivity index (χ3n) is 4.84. The summed E-state index contributed by atoms with van der Waals surface area (Å²) < 4.78 is 20.6. The van der Waals surface area contributed by atoms with Gasteiger partial charge in [-0.25, -0.2) is 9.07 Å². The van der Waals surface area contributed by atoms with Crippen LogP contribution in [0.25, 0.3) is 5.69 Å². The topological polar surface area (TPSA) is 56.1 Å². The van der Waals surface area contributed by atoms with E-state index >= 15 is 0 Å². The molecule has 0 saturated heterocycles. The summed E-state index contributed by atoms with van der Waals surface area (Å²) in [5.74, 6) is 0.367. The second-order valence-electron chi connectivity index (χ2n) is 6.79. The molecule has 3 aromatic rings. The van der Waals surface area contributed by atoms with Crippen molar-refractivity contribution < 1.29 is 13.9 Å². The summed E-state index contributed by atoms with van der Waals surface area (Å²) >= 11 is 0. The molecule has 0 bridgehead atoms. The average molecular weight is 379 g/mol. The first kappa shape index (κ1) is 18.2. The van der Waals surface area contributed by atoms with Crippen LogP contribution in [0.3, 0.4) is 0 Å². The Morgan fingerprint density at radius 1 is 1.11 bits per heavy atom. The van der Waals surface area contributed by atoms with Gasteiger partial charge in [-0.1, -0.05) is 18.2 Å². The van der Waals surface area contributed by atoms with E-state index in [1.165, 1.54) is 12.1 Å². The highest BCUT2D eigenvalue weighted by molar-refractivity contribution is 5.94. The largest absolute Gasteiger partial charge is 0.494 e. The number of para-hydroxylation sites is 1. The number of benzene rings is 2. The molecule has 1 aromatic heterocycles. The molecule has 1 aliphatic carbocycles. The van der Waals surface area contributed by atoms with Crippen molar-refractivity contribution in [3.63, 3.8) is 0 Å². The third kappa shape index (κ3) is 3.91. The van der Waals surface area contributed by atoms with Crippen LogP contribution in [0, 0.1) is 5.82 Å². The second kappa shape index (κ2) is 8.25. The summed E-state index contributed by atoms with van der Waals surface area (Å²) in [6.45, 7) is 1.05. The van der Waals surface area contributed by atoms with E-state index < -0.39 is 0 Å². The number of carbonyl (C=O) groups excluding carboxylic acids is 1. The molecule has 2 aromatic carbocycles. The Hall–Kier alpha value is -3.15. The molecule has 0 fully saturated rings. The molecule has 1 aliphatic rings. The van der Waals surface area contributed by atoms with Gasteiger partial charge in [0.25, 0.3) is 5.91 Å². The van der Waals surface area contributed by atoms with Crippen molar-refractivity contribution in [1.82, 2.24) is 15.1 Å². The Kier molecular flexibility index (Phi) is 5.37. The summed E-state index contributed by atoms with van der Waals surface area (Å²) in [6.07, 6.45) is 3.43. The summed E-state index contributed by atoms with van der Waals surface area (Å²) in [6, 6.07) is 15.8. The molecule has 144 valence electrons.